The average Bonchev–Trinajstić information content (AvgIpc) is 1.63. The highest BCUT2D eigenvalue weighted by atomic mass is 35.5. The highest BCUT2D eigenvalue weighted by Gasteiger charge is 2.44. The van der Waals surface area contributed by atoms with Gasteiger partial charge < -0.3 is 51.8 Å². The number of pyridine rings is 5. The predicted octanol–water partition coefficient (Wildman–Crippen LogP) is 12.7. The second kappa shape index (κ2) is 41.2. The van der Waals surface area contributed by atoms with Crippen molar-refractivity contribution in [3.05, 3.63) is 244 Å². The highest BCUT2D eigenvalue weighted by molar-refractivity contribution is 6.31. The van der Waals surface area contributed by atoms with Crippen molar-refractivity contribution in [3.63, 3.8) is 0 Å². The van der Waals surface area contributed by atoms with Crippen LogP contribution in [-0.2, 0) is 19.1 Å². The molecule has 22 heterocycles. The van der Waals surface area contributed by atoms with Gasteiger partial charge in [-0.25, -0.2) is 101 Å². The number of primary amides is 3. The number of piperazine rings is 3. The number of halogens is 9. The van der Waals surface area contributed by atoms with Crippen LogP contribution in [0, 0.1) is 42.9 Å². The van der Waals surface area contributed by atoms with E-state index in [1.54, 1.807) is 87.4 Å². The third kappa shape index (κ3) is 20.7. The molecule has 39 nitrogen and oxygen atoms in total. The summed E-state index contributed by atoms with van der Waals surface area (Å²) < 4.78 is 99.3. The number of aromatic nitrogens is 24. The van der Waals surface area contributed by atoms with Crippen molar-refractivity contribution < 1.29 is 45.5 Å². The smallest absolute Gasteiger partial charge is 0.236 e. The summed E-state index contributed by atoms with van der Waals surface area (Å²) in [5, 5.41) is 17.2. The van der Waals surface area contributed by atoms with Crippen LogP contribution >= 0.6 is 34.8 Å². The van der Waals surface area contributed by atoms with E-state index in [1.807, 2.05) is 77.3 Å². The topological polar surface area (TPSA) is 446 Å². The lowest BCUT2D eigenvalue weighted by Gasteiger charge is -2.40. The highest BCUT2D eigenvalue weighted by Crippen LogP contribution is 2.45. The minimum atomic E-state index is -0.978. The summed E-state index contributed by atoms with van der Waals surface area (Å²) in [6.07, 6.45) is 36.2. The molecule has 8 atom stereocenters. The summed E-state index contributed by atoms with van der Waals surface area (Å²) in [6.45, 7) is 15.6. The second-order valence-electron chi connectivity index (χ2n) is 38.8. The van der Waals surface area contributed by atoms with Crippen molar-refractivity contribution in [2.24, 2.45) is 17.2 Å². The number of hydrogen-bond acceptors (Lipinski definition) is 29. The van der Waals surface area contributed by atoms with Crippen LogP contribution in [0.15, 0.2) is 166 Å². The van der Waals surface area contributed by atoms with Gasteiger partial charge in [0.05, 0.1) is 83.7 Å². The molecule has 17 aromatic rings. The van der Waals surface area contributed by atoms with Crippen molar-refractivity contribution >= 4 is 110 Å². The second-order valence-corrected chi connectivity index (χ2v) is 40.0. The fourth-order valence-electron chi connectivity index (χ4n) is 20.4. The van der Waals surface area contributed by atoms with E-state index in [4.69, 9.17) is 66.7 Å². The number of anilines is 5. The van der Waals surface area contributed by atoms with Gasteiger partial charge in [0.15, 0.2) is 29.1 Å². The van der Waals surface area contributed by atoms with Gasteiger partial charge in [-0.2, -0.15) is 10.2 Å². The molecule has 0 spiro atoms. The summed E-state index contributed by atoms with van der Waals surface area (Å²) in [4.78, 5) is 117. The number of fused-ring (bicyclic) bond motifs is 5. The quantitative estimate of drug-likeness (QED) is 0.0409. The molecule has 9 fully saturated rings. The Hall–Kier alpha value is -15.0. The van der Waals surface area contributed by atoms with Crippen LogP contribution in [0.3, 0.4) is 0 Å². The number of nitrogens with one attached hydrogen (secondary N) is 3. The van der Waals surface area contributed by atoms with Crippen molar-refractivity contribution in [1.82, 2.24) is 132 Å². The number of H-pyrrole nitrogens is 2. The molecule has 4 unspecified atom stereocenters. The van der Waals surface area contributed by atoms with Crippen LogP contribution in [0.4, 0.5) is 55.4 Å². The summed E-state index contributed by atoms with van der Waals surface area (Å²) in [6, 6.07) is 15.6. The Morgan fingerprint density at radius 3 is 1.12 bits per heavy atom. The minimum absolute atomic E-state index is 0.00611. The third-order valence-corrected chi connectivity index (χ3v) is 29.4. The van der Waals surface area contributed by atoms with E-state index in [0.717, 1.165) is 129 Å². The Kier molecular flexibility index (Phi) is 27.3. The number of morpholine rings is 1. The first-order chi connectivity index (χ1) is 72.1. The molecular formula is C101H102Cl3F6N35O4. The number of amides is 3. The zero-order valence-electron chi connectivity index (χ0n) is 81.1. The molecule has 0 aromatic carbocycles. The Balaban J connectivity index is 0.000000105. The average molecular weight is 2090 g/mol. The molecule has 0 bridgehead atoms. The maximum absolute atomic E-state index is 14.6. The molecule has 5 aliphatic heterocycles. The first-order valence-electron chi connectivity index (χ1n) is 49.3. The molecule has 3 amide bonds. The summed E-state index contributed by atoms with van der Waals surface area (Å²) >= 11 is 17.8. The maximum atomic E-state index is 14.6. The number of carbonyl (C=O) groups is 3. The Morgan fingerprint density at radius 2 is 0.752 bits per heavy atom. The summed E-state index contributed by atoms with van der Waals surface area (Å²) in [7, 11) is 0. The lowest BCUT2D eigenvalue weighted by atomic mass is 9.90. The number of hydrogen-bond donors (Lipinski definition) is 6. The van der Waals surface area contributed by atoms with E-state index in [1.165, 1.54) is 48.9 Å². The van der Waals surface area contributed by atoms with Gasteiger partial charge in [-0.15, -0.1) is 0 Å². The number of ether oxygens (including phenoxy) is 1. The van der Waals surface area contributed by atoms with Gasteiger partial charge in [-0.05, 0) is 133 Å². The number of nitrogens with zero attached hydrogens (tertiary/aromatic N) is 29. The lowest BCUT2D eigenvalue weighted by molar-refractivity contribution is -0.124. The van der Waals surface area contributed by atoms with Crippen molar-refractivity contribution in [2.45, 2.75) is 158 Å². The van der Waals surface area contributed by atoms with Gasteiger partial charge >= 0.3 is 0 Å². The van der Waals surface area contributed by atoms with E-state index in [2.05, 4.69) is 127 Å². The zero-order valence-corrected chi connectivity index (χ0v) is 83.4. The largest absolute Gasteiger partial charge is 0.368 e. The maximum Gasteiger partial charge on any atom is 0.236 e. The van der Waals surface area contributed by atoms with E-state index in [-0.39, 0.29) is 93.1 Å². The van der Waals surface area contributed by atoms with Crippen LogP contribution < -0.4 is 47.0 Å². The molecule has 768 valence electrons. The van der Waals surface area contributed by atoms with Crippen LogP contribution in [0.25, 0.3) is 85.8 Å². The van der Waals surface area contributed by atoms with Gasteiger partial charge in [0.1, 0.15) is 145 Å². The number of aryl methyl sites for hydroxylation is 2. The number of nitrogens with two attached hydrogens (primary N) is 3. The first kappa shape index (κ1) is 98.6. The van der Waals surface area contributed by atoms with Crippen LogP contribution in [-0.4, -0.2) is 272 Å². The minimum Gasteiger partial charge on any atom is -0.368 e. The number of rotatable bonds is 19. The lowest BCUT2D eigenvalue weighted by Crippen LogP contribution is -2.61. The van der Waals surface area contributed by atoms with Gasteiger partial charge in [-0.3, -0.25) is 56.4 Å². The van der Waals surface area contributed by atoms with E-state index >= 15 is 0 Å². The number of alkyl halides is 1. The molecule has 9 N–H and O–H groups in total. The van der Waals surface area contributed by atoms with Gasteiger partial charge in [0.25, 0.3) is 0 Å². The normalized spacial score (nSPS) is 20.8. The van der Waals surface area contributed by atoms with Crippen molar-refractivity contribution in [2.75, 3.05) is 103 Å². The number of imidazole rings is 5. The van der Waals surface area contributed by atoms with Gasteiger partial charge in [-0.1, -0.05) is 34.8 Å². The monoisotopic (exact) mass is 2090 g/mol. The first-order valence-corrected chi connectivity index (χ1v) is 50.4. The third-order valence-electron chi connectivity index (χ3n) is 28.6. The van der Waals surface area contributed by atoms with Crippen LogP contribution in [0.1, 0.15) is 129 Å². The van der Waals surface area contributed by atoms with Gasteiger partial charge in [0.2, 0.25) is 17.7 Å². The molecule has 4 aliphatic carbocycles. The molecule has 48 heteroatoms. The molecule has 17 aromatic heterocycles. The Morgan fingerprint density at radius 1 is 0.389 bits per heavy atom. The summed E-state index contributed by atoms with van der Waals surface area (Å²) in [5.74, 6) is 3.55. The molecule has 26 rings (SSSR count). The standard InChI is InChI=1S/C23H24FN7O.C20H18ClF2N7.C20H22FN7O.2C19H19ClFN7O/c1-13-10-30(12-20(32-13)16-8-27-29-14(16)2)21-5-6-25-23(28-21)19-9-26-22-7-18(24)17(11-31(19)22)15-3-4-15;1-11-14(6-26-28-11)12-4-13(22)9-29(8-12)18-2-3-24-20(27-18)17-7-25-19-5-16(23)15(21)10-30(17)19;1-11-18(19(22)29)23-6-7-27(11)16-4-5-24-20(26-16)15-9-25-17-8-14(21)13(10-28(15)17)12-2-3-12;2*20-12-9-28-14(8-24-17(28)7-13(12)21)19-23-4-3-16(25-19)26-5-6-27(11-1-2-11)15(10-26)18(22)29/h5-9,11,13,15,20H,3-4,10,12H2,1-2H3,(H,27,29);2-3,5-7,10,12-13H,4,8-9H2,1H3,(H,26,28);4-5,8-12,18,23H,2-3,6-7H2,1H3,(H2,22,29);2*3-4,7-9,11,15H,1-2,5-6,10H2,(H2,22,29)/t13-,20+;;;2*15-/m0..10/s1. The van der Waals surface area contributed by atoms with Gasteiger partial charge in [0, 0.05) is 204 Å². The predicted molar refractivity (Wildman–Crippen MR) is 544 cm³/mol. The number of aromatic amines is 2. The number of piperidine rings is 1. The SMILES string of the molecule is CC1C(C(N)=O)NCCN1c1ccnc(-c2cnc3cc(F)c(C4CC4)cn23)n1.Cc1[nH]ncc1C1CC(F)CN(c2ccnc(-c3cnc4cc(F)c(Cl)cn34)n2)C1.Cc1[nH]ncc1[C@H]1CN(c2ccnc(-c3cnc4cc(F)c(C5CC5)cn34)n2)C[C@H](C)O1.NC(=O)[C@@H]1CN(c2ccnc(-c3cnc4cc(F)c(Cl)cn34)n2)CCN1C1CC1.NC(=O)[C@H]1CN(c2ccnc(-c3cnc4cc(F)c(Cl)cn34)n2)CCN1C1CC1. The number of carbonyl (C=O) groups excluding carboxylic acids is 3. The molecule has 5 saturated heterocycles. The fraction of sp³-hybridized carbons (Fsp3) is 0.366. The zero-order chi connectivity index (χ0) is 103. The molecule has 149 heavy (non-hydrogen) atoms. The van der Waals surface area contributed by atoms with E-state index in [9.17, 15) is 40.7 Å². The molecule has 4 saturated carbocycles. The molecular weight excluding hydrogens is 1990 g/mol. The van der Waals surface area contributed by atoms with E-state index in [0.29, 0.717) is 167 Å². The van der Waals surface area contributed by atoms with Crippen LogP contribution in [0.5, 0.6) is 0 Å². The Bertz CT molecular complexity index is 7750. The van der Waals surface area contributed by atoms with Crippen molar-refractivity contribution in [1.29, 1.82) is 0 Å². The summed E-state index contributed by atoms with van der Waals surface area (Å²) in [5.41, 5.74) is 27.9. The fourth-order valence-corrected chi connectivity index (χ4v) is 20.8. The van der Waals surface area contributed by atoms with Crippen molar-refractivity contribution in [3.8, 4) is 57.6 Å². The molecule has 0 radical (unpaired) electrons. The van der Waals surface area contributed by atoms with E-state index < -0.39 is 29.7 Å². The molecule has 9 aliphatic rings. The Labute approximate surface area is 862 Å². The van der Waals surface area contributed by atoms with Crippen LogP contribution in [0.2, 0.25) is 15.1 Å².